The van der Waals surface area contributed by atoms with Crippen molar-refractivity contribution in [3.63, 3.8) is 0 Å². The van der Waals surface area contributed by atoms with Gasteiger partial charge in [0.15, 0.2) is 0 Å². The Hall–Kier alpha value is -2.96. The van der Waals surface area contributed by atoms with Gasteiger partial charge in [0.1, 0.15) is 11.3 Å². The van der Waals surface area contributed by atoms with Crippen molar-refractivity contribution in [1.29, 1.82) is 0 Å². The molecule has 2 rings (SSSR count). The standard InChI is InChI=1S/C14H13N3O4/c1-9(10-4-6-15-7-5-10)16-14(19)12-8-11(18)2-3-13(12)17(20)21/h2-9,18H,1H3,(H,16,19). The van der Waals surface area contributed by atoms with Crippen LogP contribution in [-0.2, 0) is 0 Å². The summed E-state index contributed by atoms with van der Waals surface area (Å²) in [5, 5.41) is 23.0. The van der Waals surface area contributed by atoms with Crippen LogP contribution >= 0.6 is 0 Å². The molecule has 2 N–H and O–H groups in total. The lowest BCUT2D eigenvalue weighted by atomic mass is 10.1. The molecule has 0 aliphatic heterocycles. The Morgan fingerprint density at radius 2 is 2.00 bits per heavy atom. The maximum absolute atomic E-state index is 12.2. The normalized spacial score (nSPS) is 11.7. The number of nitrogens with zero attached hydrogens (tertiary/aromatic N) is 2. The first-order chi connectivity index (χ1) is 9.99. The number of phenols is 1. The number of hydrogen-bond donors (Lipinski definition) is 2. The number of carbonyl (C=O) groups excluding carboxylic acids is 1. The third kappa shape index (κ3) is 3.33. The van der Waals surface area contributed by atoms with E-state index in [4.69, 9.17) is 0 Å². The smallest absolute Gasteiger partial charge is 0.282 e. The van der Waals surface area contributed by atoms with Crippen molar-refractivity contribution in [3.8, 4) is 5.75 Å². The highest BCUT2D eigenvalue weighted by Gasteiger charge is 2.22. The van der Waals surface area contributed by atoms with Crippen LogP contribution in [0, 0.1) is 10.1 Å². The fraction of sp³-hybridized carbons (Fsp3) is 0.143. The van der Waals surface area contributed by atoms with Gasteiger partial charge in [-0.2, -0.15) is 0 Å². The van der Waals surface area contributed by atoms with E-state index in [-0.39, 0.29) is 23.0 Å². The lowest BCUT2D eigenvalue weighted by Gasteiger charge is -2.14. The molecule has 0 saturated heterocycles. The average molecular weight is 287 g/mol. The first-order valence-electron chi connectivity index (χ1n) is 6.17. The molecule has 7 heteroatoms. The molecule has 0 saturated carbocycles. The fourth-order valence-corrected chi connectivity index (χ4v) is 1.87. The van der Waals surface area contributed by atoms with Crippen molar-refractivity contribution in [2.45, 2.75) is 13.0 Å². The summed E-state index contributed by atoms with van der Waals surface area (Å²) in [4.78, 5) is 26.3. The first kappa shape index (κ1) is 14.4. The van der Waals surface area contributed by atoms with Gasteiger partial charge < -0.3 is 10.4 Å². The molecule has 0 aliphatic rings. The van der Waals surface area contributed by atoms with E-state index in [0.717, 1.165) is 17.7 Å². The van der Waals surface area contributed by atoms with Gasteiger partial charge in [0, 0.05) is 18.5 Å². The molecule has 1 atom stereocenters. The Morgan fingerprint density at radius 3 is 2.62 bits per heavy atom. The van der Waals surface area contributed by atoms with Gasteiger partial charge in [0.2, 0.25) is 0 Å². The van der Waals surface area contributed by atoms with Crippen LogP contribution in [0.2, 0.25) is 0 Å². The minimum absolute atomic E-state index is 0.180. The lowest BCUT2D eigenvalue weighted by Crippen LogP contribution is -2.27. The van der Waals surface area contributed by atoms with Gasteiger partial charge in [-0.05, 0) is 36.8 Å². The predicted molar refractivity (Wildman–Crippen MR) is 74.9 cm³/mol. The Morgan fingerprint density at radius 1 is 1.33 bits per heavy atom. The highest BCUT2D eigenvalue weighted by molar-refractivity contribution is 5.98. The summed E-state index contributed by atoms with van der Waals surface area (Å²) >= 11 is 0. The number of pyridine rings is 1. The second kappa shape index (κ2) is 6.00. The molecule has 1 heterocycles. The van der Waals surface area contributed by atoms with Crippen LogP contribution in [-0.4, -0.2) is 20.9 Å². The quantitative estimate of drug-likeness (QED) is 0.662. The number of nitrogens with one attached hydrogen (secondary N) is 1. The van der Waals surface area contributed by atoms with E-state index in [2.05, 4.69) is 10.3 Å². The second-order valence-corrected chi connectivity index (χ2v) is 4.43. The predicted octanol–water partition coefficient (Wildman–Crippen LogP) is 2.19. The number of amides is 1. The van der Waals surface area contributed by atoms with E-state index in [1.165, 1.54) is 6.07 Å². The van der Waals surface area contributed by atoms with Gasteiger partial charge in [-0.15, -0.1) is 0 Å². The molecular weight excluding hydrogens is 274 g/mol. The third-order valence-electron chi connectivity index (χ3n) is 2.98. The maximum atomic E-state index is 12.2. The number of benzene rings is 1. The van der Waals surface area contributed by atoms with Crippen LogP contribution in [0.1, 0.15) is 28.9 Å². The van der Waals surface area contributed by atoms with Crippen molar-refractivity contribution in [2.75, 3.05) is 0 Å². The lowest BCUT2D eigenvalue weighted by molar-refractivity contribution is -0.385. The number of nitro groups is 1. The summed E-state index contributed by atoms with van der Waals surface area (Å²) in [6.07, 6.45) is 3.18. The fourth-order valence-electron chi connectivity index (χ4n) is 1.87. The molecule has 0 aliphatic carbocycles. The molecule has 1 amide bonds. The number of aromatic hydroxyl groups is 1. The maximum Gasteiger partial charge on any atom is 0.282 e. The number of nitro benzene ring substituents is 1. The summed E-state index contributed by atoms with van der Waals surface area (Å²) in [6, 6.07) is 6.47. The molecular formula is C14H13N3O4. The van der Waals surface area contributed by atoms with Gasteiger partial charge in [0.05, 0.1) is 11.0 Å². The molecule has 1 aromatic carbocycles. The molecule has 108 valence electrons. The van der Waals surface area contributed by atoms with Crippen molar-refractivity contribution >= 4 is 11.6 Å². The van der Waals surface area contributed by atoms with E-state index in [0.29, 0.717) is 0 Å². The number of phenolic OH excluding ortho intramolecular Hbond substituents is 1. The highest BCUT2D eigenvalue weighted by atomic mass is 16.6. The number of hydrogen-bond acceptors (Lipinski definition) is 5. The summed E-state index contributed by atoms with van der Waals surface area (Å²) in [5.74, 6) is -0.829. The van der Waals surface area contributed by atoms with Crippen molar-refractivity contribution in [1.82, 2.24) is 10.3 Å². The van der Waals surface area contributed by atoms with Crippen LogP contribution in [0.3, 0.4) is 0 Å². The van der Waals surface area contributed by atoms with Crippen molar-refractivity contribution < 1.29 is 14.8 Å². The van der Waals surface area contributed by atoms with E-state index in [1.807, 2.05) is 0 Å². The van der Waals surface area contributed by atoms with Crippen molar-refractivity contribution in [3.05, 3.63) is 64.0 Å². The van der Waals surface area contributed by atoms with Crippen LogP contribution in [0.4, 0.5) is 5.69 Å². The topological polar surface area (TPSA) is 105 Å². The Kier molecular flexibility index (Phi) is 4.13. The largest absolute Gasteiger partial charge is 0.508 e. The van der Waals surface area contributed by atoms with Crippen LogP contribution < -0.4 is 5.32 Å². The average Bonchev–Trinajstić information content (AvgIpc) is 2.47. The van der Waals surface area contributed by atoms with Gasteiger partial charge in [0.25, 0.3) is 11.6 Å². The van der Waals surface area contributed by atoms with Crippen molar-refractivity contribution in [2.24, 2.45) is 0 Å². The molecule has 0 fully saturated rings. The van der Waals surface area contributed by atoms with E-state index < -0.39 is 10.8 Å². The van der Waals surface area contributed by atoms with Crippen LogP contribution in [0.15, 0.2) is 42.7 Å². The number of rotatable bonds is 4. The Bertz CT molecular complexity index is 673. The minimum atomic E-state index is -0.661. The summed E-state index contributed by atoms with van der Waals surface area (Å²) in [7, 11) is 0. The monoisotopic (exact) mass is 287 g/mol. The van der Waals surface area contributed by atoms with Gasteiger partial charge in [-0.3, -0.25) is 19.9 Å². The second-order valence-electron chi connectivity index (χ2n) is 4.43. The molecule has 7 nitrogen and oxygen atoms in total. The highest BCUT2D eigenvalue weighted by Crippen LogP contribution is 2.24. The Labute approximate surface area is 120 Å². The number of carbonyl (C=O) groups is 1. The van der Waals surface area contributed by atoms with E-state index >= 15 is 0 Å². The molecule has 0 spiro atoms. The van der Waals surface area contributed by atoms with Crippen LogP contribution in [0.5, 0.6) is 5.75 Å². The van der Waals surface area contributed by atoms with Crippen LogP contribution in [0.25, 0.3) is 0 Å². The van der Waals surface area contributed by atoms with E-state index in [1.54, 1.807) is 31.5 Å². The first-order valence-corrected chi connectivity index (χ1v) is 6.17. The van der Waals surface area contributed by atoms with Gasteiger partial charge in [-0.1, -0.05) is 0 Å². The molecule has 21 heavy (non-hydrogen) atoms. The zero-order valence-electron chi connectivity index (χ0n) is 11.2. The molecule has 1 aromatic heterocycles. The molecule has 2 aromatic rings. The SMILES string of the molecule is CC(NC(=O)c1cc(O)ccc1[N+](=O)[O-])c1ccncc1. The van der Waals surface area contributed by atoms with Gasteiger partial charge >= 0.3 is 0 Å². The summed E-state index contributed by atoms with van der Waals surface area (Å²) < 4.78 is 0. The zero-order chi connectivity index (χ0) is 15.4. The van der Waals surface area contributed by atoms with Gasteiger partial charge in [-0.25, -0.2) is 0 Å². The number of aromatic nitrogens is 1. The minimum Gasteiger partial charge on any atom is -0.508 e. The summed E-state index contributed by atoms with van der Waals surface area (Å²) in [5.41, 5.74) is 0.286. The third-order valence-corrected chi connectivity index (χ3v) is 2.98. The molecule has 0 radical (unpaired) electrons. The zero-order valence-corrected chi connectivity index (χ0v) is 11.2. The van der Waals surface area contributed by atoms with E-state index in [9.17, 15) is 20.0 Å². The Balaban J connectivity index is 2.25. The molecule has 0 bridgehead atoms. The molecule has 1 unspecified atom stereocenters. The summed E-state index contributed by atoms with van der Waals surface area (Å²) in [6.45, 7) is 1.75.